The molecule has 2 rings (SSSR count). The second-order valence-corrected chi connectivity index (χ2v) is 6.77. The SMILES string of the molecule is COC(=O)C1=NC(c2ccccc2Cl)N(C(=O)OC(C)C)N1C(=O)OC(C)C. The summed E-state index contributed by atoms with van der Waals surface area (Å²) in [6, 6.07) is 6.62. The maximum absolute atomic E-state index is 12.8. The second kappa shape index (κ2) is 8.92. The van der Waals surface area contributed by atoms with Gasteiger partial charge in [-0.05, 0) is 33.8 Å². The third-order valence-electron chi connectivity index (χ3n) is 3.48. The van der Waals surface area contributed by atoms with Crippen LogP contribution in [-0.2, 0) is 19.0 Å². The van der Waals surface area contributed by atoms with Crippen molar-refractivity contribution in [1.29, 1.82) is 0 Å². The van der Waals surface area contributed by atoms with E-state index in [1.807, 2.05) is 0 Å². The van der Waals surface area contributed by atoms with Crippen molar-refractivity contribution in [1.82, 2.24) is 10.0 Å². The molecule has 9 nitrogen and oxygen atoms in total. The van der Waals surface area contributed by atoms with Gasteiger partial charge in [-0.1, -0.05) is 29.8 Å². The number of rotatable bonds is 4. The molecule has 1 unspecified atom stereocenters. The van der Waals surface area contributed by atoms with Crippen LogP contribution in [0.15, 0.2) is 29.3 Å². The van der Waals surface area contributed by atoms with E-state index in [0.29, 0.717) is 15.6 Å². The van der Waals surface area contributed by atoms with Gasteiger partial charge >= 0.3 is 18.2 Å². The summed E-state index contributed by atoms with van der Waals surface area (Å²) in [6.45, 7) is 6.56. The van der Waals surface area contributed by atoms with E-state index in [1.165, 1.54) is 0 Å². The van der Waals surface area contributed by atoms with Crippen molar-refractivity contribution in [2.45, 2.75) is 46.1 Å². The Morgan fingerprint density at radius 2 is 1.61 bits per heavy atom. The van der Waals surface area contributed by atoms with Crippen LogP contribution >= 0.6 is 11.6 Å². The highest BCUT2D eigenvalue weighted by Gasteiger charge is 2.48. The molecule has 0 N–H and O–H groups in total. The third-order valence-corrected chi connectivity index (χ3v) is 3.82. The summed E-state index contributed by atoms with van der Waals surface area (Å²) in [6.07, 6.45) is -3.98. The topological polar surface area (TPSA) is 97.7 Å². The summed E-state index contributed by atoms with van der Waals surface area (Å²) < 4.78 is 15.1. The van der Waals surface area contributed by atoms with Crippen molar-refractivity contribution < 1.29 is 28.6 Å². The number of carbonyl (C=O) groups is 3. The highest BCUT2D eigenvalue weighted by molar-refractivity contribution is 6.38. The predicted molar refractivity (Wildman–Crippen MR) is 101 cm³/mol. The molecule has 10 heteroatoms. The zero-order chi connectivity index (χ0) is 21.0. The molecule has 0 aromatic heterocycles. The molecule has 0 aliphatic carbocycles. The number of esters is 1. The third kappa shape index (κ3) is 4.53. The fourth-order valence-corrected chi connectivity index (χ4v) is 2.65. The van der Waals surface area contributed by atoms with Gasteiger partial charge in [-0.25, -0.2) is 19.4 Å². The molecule has 28 heavy (non-hydrogen) atoms. The van der Waals surface area contributed by atoms with Gasteiger partial charge in [0, 0.05) is 10.6 Å². The molecule has 0 radical (unpaired) electrons. The van der Waals surface area contributed by atoms with Crippen molar-refractivity contribution in [2.75, 3.05) is 7.11 Å². The minimum atomic E-state index is -1.12. The number of ether oxygens (including phenoxy) is 3. The van der Waals surface area contributed by atoms with Crippen LogP contribution in [0.2, 0.25) is 5.02 Å². The van der Waals surface area contributed by atoms with Crippen LogP contribution in [0.25, 0.3) is 0 Å². The van der Waals surface area contributed by atoms with Crippen molar-refractivity contribution in [3.8, 4) is 0 Å². The number of methoxy groups -OCH3 is 1. The normalized spacial score (nSPS) is 16.3. The van der Waals surface area contributed by atoms with Crippen LogP contribution in [0.1, 0.15) is 39.4 Å². The Labute approximate surface area is 167 Å². The number of amides is 2. The Balaban J connectivity index is 2.59. The van der Waals surface area contributed by atoms with Gasteiger partial charge in [-0.15, -0.1) is 0 Å². The number of halogens is 1. The molecule has 152 valence electrons. The number of amidine groups is 1. The Morgan fingerprint density at radius 3 is 2.14 bits per heavy atom. The van der Waals surface area contributed by atoms with Gasteiger partial charge in [0.05, 0.1) is 19.3 Å². The summed E-state index contributed by atoms with van der Waals surface area (Å²) in [5.74, 6) is -1.34. The number of benzene rings is 1. The van der Waals surface area contributed by atoms with Gasteiger partial charge in [0.2, 0.25) is 5.84 Å². The first kappa shape index (κ1) is 21.5. The first-order chi connectivity index (χ1) is 13.2. The molecule has 1 aliphatic heterocycles. The van der Waals surface area contributed by atoms with Crippen molar-refractivity contribution in [2.24, 2.45) is 4.99 Å². The number of hydrogen-bond acceptors (Lipinski definition) is 7. The lowest BCUT2D eigenvalue weighted by molar-refractivity contribution is -0.134. The first-order valence-corrected chi connectivity index (χ1v) is 8.96. The van der Waals surface area contributed by atoms with Crippen LogP contribution in [0.4, 0.5) is 9.59 Å². The number of hydrogen-bond donors (Lipinski definition) is 0. The predicted octanol–water partition coefficient (Wildman–Crippen LogP) is 3.53. The molecule has 2 amide bonds. The van der Waals surface area contributed by atoms with Gasteiger partial charge < -0.3 is 14.2 Å². The average Bonchev–Trinajstić information content (AvgIpc) is 3.00. The lowest BCUT2D eigenvalue weighted by atomic mass is 10.2. The summed E-state index contributed by atoms with van der Waals surface area (Å²) >= 11 is 6.25. The summed E-state index contributed by atoms with van der Waals surface area (Å²) in [7, 11) is 1.14. The Morgan fingerprint density at radius 1 is 1.04 bits per heavy atom. The van der Waals surface area contributed by atoms with Gasteiger partial charge in [0.1, 0.15) is 0 Å². The number of aliphatic imine (C=N–C) groups is 1. The molecular weight excluding hydrogens is 390 g/mol. The van der Waals surface area contributed by atoms with Crippen molar-refractivity contribution in [3.05, 3.63) is 34.9 Å². The van der Waals surface area contributed by atoms with E-state index in [4.69, 9.17) is 25.8 Å². The highest BCUT2D eigenvalue weighted by Crippen LogP contribution is 2.35. The molecule has 0 spiro atoms. The maximum Gasteiger partial charge on any atom is 0.435 e. The number of carbonyl (C=O) groups excluding carboxylic acids is 3. The Kier molecular flexibility index (Phi) is 6.85. The van der Waals surface area contributed by atoms with Crippen LogP contribution in [0.3, 0.4) is 0 Å². The molecule has 1 atom stereocenters. The minimum absolute atomic E-state index is 0.293. The molecule has 0 saturated carbocycles. The molecule has 0 fully saturated rings. The molecular formula is C18H22ClN3O6. The zero-order valence-corrected chi connectivity index (χ0v) is 17.0. The fourth-order valence-electron chi connectivity index (χ4n) is 2.42. The Bertz CT molecular complexity index is 795. The highest BCUT2D eigenvalue weighted by atomic mass is 35.5. The van der Waals surface area contributed by atoms with E-state index in [2.05, 4.69) is 4.99 Å². The van der Waals surface area contributed by atoms with Gasteiger partial charge in [-0.3, -0.25) is 0 Å². The zero-order valence-electron chi connectivity index (χ0n) is 16.2. The Hall–Kier alpha value is -2.81. The van der Waals surface area contributed by atoms with E-state index < -0.39 is 42.4 Å². The van der Waals surface area contributed by atoms with E-state index >= 15 is 0 Å². The summed E-state index contributed by atoms with van der Waals surface area (Å²) in [4.78, 5) is 41.9. The number of hydrazine groups is 1. The van der Waals surface area contributed by atoms with Gasteiger partial charge in [0.15, 0.2) is 6.17 Å². The smallest absolute Gasteiger partial charge is 0.435 e. The quantitative estimate of drug-likeness (QED) is 0.555. The standard InChI is InChI=1S/C18H22ClN3O6/c1-10(2)27-17(24)21-14(12-8-6-7-9-13(12)19)20-15(16(23)26-5)22(21)18(25)28-11(3)4/h6-11,14H,1-5H3. The van der Waals surface area contributed by atoms with E-state index in [0.717, 1.165) is 12.1 Å². The average molecular weight is 412 g/mol. The van der Waals surface area contributed by atoms with E-state index in [1.54, 1.807) is 52.0 Å². The largest absolute Gasteiger partial charge is 0.463 e. The lowest BCUT2D eigenvalue weighted by Gasteiger charge is -2.31. The number of nitrogens with zero attached hydrogens (tertiary/aromatic N) is 3. The van der Waals surface area contributed by atoms with Crippen LogP contribution in [0, 0.1) is 0 Å². The molecule has 0 saturated heterocycles. The van der Waals surface area contributed by atoms with Crippen LogP contribution < -0.4 is 0 Å². The molecule has 1 aromatic carbocycles. The molecule has 1 aliphatic rings. The van der Waals surface area contributed by atoms with Crippen LogP contribution in [0.5, 0.6) is 0 Å². The molecule has 0 bridgehead atoms. The van der Waals surface area contributed by atoms with Crippen molar-refractivity contribution >= 4 is 35.6 Å². The van der Waals surface area contributed by atoms with E-state index in [-0.39, 0.29) is 0 Å². The van der Waals surface area contributed by atoms with Crippen molar-refractivity contribution in [3.63, 3.8) is 0 Å². The summed E-state index contributed by atoms with van der Waals surface area (Å²) in [5.41, 5.74) is 0.395. The van der Waals surface area contributed by atoms with Gasteiger partial charge in [-0.2, -0.15) is 10.0 Å². The molecule has 1 heterocycles. The first-order valence-electron chi connectivity index (χ1n) is 8.58. The molecule has 1 aromatic rings. The summed E-state index contributed by atoms with van der Waals surface area (Å²) in [5, 5.41) is 1.89. The lowest BCUT2D eigenvalue weighted by Crippen LogP contribution is -2.52. The van der Waals surface area contributed by atoms with Crippen LogP contribution in [-0.4, -0.2) is 53.3 Å². The van der Waals surface area contributed by atoms with E-state index in [9.17, 15) is 14.4 Å². The van der Waals surface area contributed by atoms with Gasteiger partial charge in [0.25, 0.3) is 0 Å². The fraction of sp³-hybridized carbons (Fsp3) is 0.444. The second-order valence-electron chi connectivity index (χ2n) is 6.36. The monoisotopic (exact) mass is 411 g/mol. The minimum Gasteiger partial charge on any atom is -0.463 e. The maximum atomic E-state index is 12.8.